The molecule has 2 aliphatic rings. The number of hydrogen-bond acceptors (Lipinski definition) is 8. The van der Waals surface area contributed by atoms with Gasteiger partial charge in [-0.1, -0.05) is 55.4 Å². The highest BCUT2D eigenvalue weighted by molar-refractivity contribution is 6.84. The van der Waals surface area contributed by atoms with Crippen molar-refractivity contribution >= 4 is 17.1 Å². The van der Waals surface area contributed by atoms with Crippen molar-refractivity contribution in [3.05, 3.63) is 32.6 Å². The molecule has 4 atom stereocenters. The molecule has 2 saturated heterocycles. The molecule has 0 amide bonds. The van der Waals surface area contributed by atoms with E-state index in [1.54, 1.807) is 0 Å². The van der Waals surface area contributed by atoms with Crippen molar-refractivity contribution in [3.8, 4) is 6.07 Å². The van der Waals surface area contributed by atoms with E-state index in [1.165, 1.54) is 13.1 Å². The van der Waals surface area contributed by atoms with Crippen molar-refractivity contribution < 1.29 is 22.8 Å². The topological polar surface area (TPSA) is 136 Å². The van der Waals surface area contributed by atoms with Crippen molar-refractivity contribution in [2.24, 2.45) is 0 Å². The average Bonchev–Trinajstić information content (AvgIpc) is 3.01. The van der Waals surface area contributed by atoms with Crippen LogP contribution in [0.3, 0.4) is 0 Å². The summed E-state index contributed by atoms with van der Waals surface area (Å²) in [5.41, 5.74) is -3.10. The first-order valence-electron chi connectivity index (χ1n) is 12.3. The normalized spacial score (nSPS) is 30.4. The van der Waals surface area contributed by atoms with Gasteiger partial charge in [0, 0.05) is 11.8 Å². The standard InChI is InChI=1S/C23H39N3O7Si2/c1-13(2)34(14(3)4)30-11-18-19(32-35(33-34,15(5)6)16(7)8)23(29,12-24)21(31-18)26-10-17(9)20(27)25-22(26)28/h10,13-16,18-19,21,29H,11H2,1-9H3,(H,25,27,28)/t18-,19-,21-,23?/m1/s1. The van der Waals surface area contributed by atoms with Gasteiger partial charge in [0.15, 0.2) is 6.23 Å². The number of nitrogens with zero attached hydrogens (tertiary/aromatic N) is 2. The Hall–Kier alpha value is -1.60. The number of nitriles is 1. The second-order valence-electron chi connectivity index (χ2n) is 11.0. The molecule has 0 aromatic carbocycles. The molecular formula is C23H39N3O7Si2. The van der Waals surface area contributed by atoms with E-state index in [0.29, 0.717) is 0 Å². The first-order chi connectivity index (χ1) is 16.2. The number of aromatic amines is 1. The molecule has 1 aromatic rings. The van der Waals surface area contributed by atoms with Crippen LogP contribution in [-0.4, -0.2) is 56.2 Å². The summed E-state index contributed by atoms with van der Waals surface area (Å²) in [6, 6.07) is 1.96. The van der Waals surface area contributed by atoms with E-state index in [-0.39, 0.29) is 34.3 Å². The molecule has 1 unspecified atom stereocenters. The zero-order chi connectivity index (χ0) is 26.5. The lowest BCUT2D eigenvalue weighted by Crippen LogP contribution is -2.67. The monoisotopic (exact) mass is 525 g/mol. The Morgan fingerprint density at radius 3 is 2.11 bits per heavy atom. The smallest absolute Gasteiger partial charge is 0.335 e. The molecule has 0 saturated carbocycles. The number of rotatable bonds is 5. The highest BCUT2D eigenvalue weighted by Crippen LogP contribution is 2.50. The van der Waals surface area contributed by atoms with Crippen LogP contribution >= 0.6 is 0 Å². The maximum Gasteiger partial charge on any atom is 0.335 e. The third kappa shape index (κ3) is 4.41. The Bertz CT molecular complexity index is 1080. The van der Waals surface area contributed by atoms with Crippen molar-refractivity contribution in [2.75, 3.05) is 6.61 Å². The first-order valence-corrected chi connectivity index (χ1v) is 16.2. The van der Waals surface area contributed by atoms with Gasteiger partial charge in [0.1, 0.15) is 18.3 Å². The molecule has 12 heteroatoms. The average molecular weight is 526 g/mol. The van der Waals surface area contributed by atoms with Crippen LogP contribution in [0.5, 0.6) is 0 Å². The van der Waals surface area contributed by atoms with Gasteiger partial charge in [0.25, 0.3) is 5.56 Å². The Morgan fingerprint density at radius 1 is 1.09 bits per heavy atom. The third-order valence-electron chi connectivity index (χ3n) is 7.35. The summed E-state index contributed by atoms with van der Waals surface area (Å²) in [6.07, 6.45) is -2.03. The second kappa shape index (κ2) is 9.70. The summed E-state index contributed by atoms with van der Waals surface area (Å²) in [4.78, 5) is 26.8. The lowest BCUT2D eigenvalue weighted by Gasteiger charge is -2.51. The quantitative estimate of drug-likeness (QED) is 0.442. The number of fused-ring (bicyclic) bond motifs is 1. The summed E-state index contributed by atoms with van der Waals surface area (Å²) in [7, 11) is -5.99. The summed E-state index contributed by atoms with van der Waals surface area (Å²) < 4.78 is 27.8. The van der Waals surface area contributed by atoms with Crippen LogP contribution in [0.1, 0.15) is 67.2 Å². The number of hydrogen-bond donors (Lipinski definition) is 2. The van der Waals surface area contributed by atoms with Crippen molar-refractivity contribution in [1.29, 1.82) is 5.26 Å². The van der Waals surface area contributed by atoms with E-state index >= 15 is 0 Å². The van der Waals surface area contributed by atoms with Gasteiger partial charge in [-0.3, -0.25) is 14.3 Å². The maximum atomic E-state index is 12.7. The van der Waals surface area contributed by atoms with E-state index < -0.39 is 52.4 Å². The lowest BCUT2D eigenvalue weighted by molar-refractivity contribution is -0.0760. The van der Waals surface area contributed by atoms with Gasteiger partial charge >= 0.3 is 22.8 Å². The number of aliphatic hydroxyl groups is 1. The molecule has 3 rings (SSSR count). The van der Waals surface area contributed by atoms with E-state index in [0.717, 1.165) is 4.57 Å². The zero-order valence-electron chi connectivity index (χ0n) is 22.1. The molecule has 2 N–H and O–H groups in total. The van der Waals surface area contributed by atoms with Crippen LogP contribution in [0.4, 0.5) is 0 Å². The molecule has 2 aliphatic heterocycles. The van der Waals surface area contributed by atoms with Gasteiger partial charge in [-0.25, -0.2) is 4.79 Å². The molecule has 0 radical (unpaired) electrons. The molecule has 1 aromatic heterocycles. The molecule has 0 bridgehead atoms. The number of nitrogens with one attached hydrogen (secondary N) is 1. The minimum Gasteiger partial charge on any atom is -0.414 e. The fraction of sp³-hybridized carbons (Fsp3) is 0.783. The van der Waals surface area contributed by atoms with Gasteiger partial charge in [-0.2, -0.15) is 5.26 Å². The van der Waals surface area contributed by atoms with Gasteiger partial charge in [0.2, 0.25) is 5.60 Å². The van der Waals surface area contributed by atoms with E-state index in [2.05, 4.69) is 32.7 Å². The van der Waals surface area contributed by atoms with E-state index in [1.807, 2.05) is 33.8 Å². The van der Waals surface area contributed by atoms with Gasteiger partial charge in [0.05, 0.1) is 6.61 Å². The van der Waals surface area contributed by atoms with Gasteiger partial charge in [-0.15, -0.1) is 0 Å². The van der Waals surface area contributed by atoms with Crippen LogP contribution in [0.15, 0.2) is 15.8 Å². The fourth-order valence-electron chi connectivity index (χ4n) is 5.34. The Morgan fingerprint density at radius 2 is 1.63 bits per heavy atom. The predicted molar refractivity (Wildman–Crippen MR) is 134 cm³/mol. The zero-order valence-corrected chi connectivity index (χ0v) is 24.1. The maximum absolute atomic E-state index is 12.7. The number of H-pyrrole nitrogens is 1. The van der Waals surface area contributed by atoms with E-state index in [9.17, 15) is 20.0 Å². The summed E-state index contributed by atoms with van der Waals surface area (Å²) in [5, 5.41) is 21.9. The van der Waals surface area contributed by atoms with Crippen LogP contribution < -0.4 is 11.2 Å². The first kappa shape index (κ1) is 28.0. The van der Waals surface area contributed by atoms with Crippen molar-refractivity contribution in [3.63, 3.8) is 0 Å². The molecule has 35 heavy (non-hydrogen) atoms. The molecule has 2 fully saturated rings. The molecule has 3 heterocycles. The van der Waals surface area contributed by atoms with Crippen molar-refractivity contribution in [1.82, 2.24) is 9.55 Å². The Kier molecular flexibility index (Phi) is 7.75. The summed E-state index contributed by atoms with van der Waals surface area (Å²) >= 11 is 0. The van der Waals surface area contributed by atoms with Crippen LogP contribution in [-0.2, 0) is 17.7 Å². The Balaban J connectivity index is 2.21. The Labute approximate surface area is 208 Å². The molecular weight excluding hydrogens is 486 g/mol. The van der Waals surface area contributed by atoms with Gasteiger partial charge in [-0.05, 0) is 29.1 Å². The number of ether oxygens (including phenoxy) is 1. The summed E-state index contributed by atoms with van der Waals surface area (Å²) in [5.74, 6) is 0. The lowest BCUT2D eigenvalue weighted by atomic mass is 9.96. The predicted octanol–water partition coefficient (Wildman–Crippen LogP) is 2.95. The molecule has 0 aliphatic carbocycles. The van der Waals surface area contributed by atoms with Crippen LogP contribution in [0.25, 0.3) is 0 Å². The minimum absolute atomic E-state index is 0.0192. The third-order valence-corrected chi connectivity index (χ3v) is 17.6. The fourth-order valence-corrected chi connectivity index (χ4v) is 16.6. The molecule has 10 nitrogen and oxygen atoms in total. The highest BCUT2D eigenvalue weighted by atomic mass is 28.5. The second-order valence-corrected chi connectivity index (χ2v) is 19.8. The molecule has 0 spiro atoms. The van der Waals surface area contributed by atoms with Crippen LogP contribution in [0, 0.1) is 18.3 Å². The number of aromatic nitrogens is 2. The summed E-state index contributed by atoms with van der Waals surface area (Å²) in [6.45, 7) is 18.1. The van der Waals surface area contributed by atoms with E-state index in [4.69, 9.17) is 17.7 Å². The van der Waals surface area contributed by atoms with Crippen LogP contribution in [0.2, 0.25) is 22.2 Å². The van der Waals surface area contributed by atoms with Gasteiger partial charge < -0.3 is 22.8 Å². The molecule has 196 valence electrons. The number of aryl methyl sites for hydroxylation is 1. The minimum atomic E-state index is -3.14. The highest BCUT2D eigenvalue weighted by Gasteiger charge is 2.66. The largest absolute Gasteiger partial charge is 0.414 e. The SMILES string of the molecule is Cc1cn([C@@H]2O[C@@H]3CO[Si](C(C)C)(C(C)C)O[Si](C(C)C)(C(C)C)O[C@H]3C2(O)C#N)c(=O)[nH]c1=O. The van der Waals surface area contributed by atoms with Crippen molar-refractivity contribution in [2.45, 2.75) is 109 Å².